The van der Waals surface area contributed by atoms with Crippen molar-refractivity contribution >= 4 is 11.8 Å². The van der Waals surface area contributed by atoms with Gasteiger partial charge in [-0.1, -0.05) is 0 Å². The Bertz CT molecular complexity index is 412. The molecule has 0 aliphatic heterocycles. The summed E-state index contributed by atoms with van der Waals surface area (Å²) in [5, 5.41) is 8.78. The summed E-state index contributed by atoms with van der Waals surface area (Å²) < 4.78 is 5.02. The molecule has 1 amide bonds. The smallest absolute Gasteiger partial charge is 0.258 e. The van der Waals surface area contributed by atoms with Crippen LogP contribution in [0, 0.1) is 18.3 Å². The lowest BCUT2D eigenvalue weighted by Gasteiger charge is -2.08. The molecule has 0 saturated carbocycles. The number of amides is 1. The van der Waals surface area contributed by atoms with E-state index in [1.54, 1.807) is 21.0 Å². The van der Waals surface area contributed by atoms with E-state index in [0.29, 0.717) is 5.76 Å². The second-order valence-electron chi connectivity index (χ2n) is 3.08. The maximum absolute atomic E-state index is 11.6. The lowest BCUT2D eigenvalue weighted by atomic mass is 10.1. The zero-order valence-corrected chi connectivity index (χ0v) is 8.29. The van der Waals surface area contributed by atoms with Crippen molar-refractivity contribution in [1.29, 1.82) is 5.26 Å². The molecule has 1 aromatic heterocycles. The maximum Gasteiger partial charge on any atom is 0.258 e. The van der Waals surface area contributed by atoms with E-state index in [1.807, 2.05) is 6.07 Å². The molecule has 0 fully saturated rings. The van der Waals surface area contributed by atoms with Gasteiger partial charge in [-0.2, -0.15) is 5.26 Å². The number of aryl methyl sites for hydroxylation is 1. The van der Waals surface area contributed by atoms with E-state index >= 15 is 0 Å². The van der Waals surface area contributed by atoms with Crippen LogP contribution in [0.1, 0.15) is 21.7 Å². The van der Waals surface area contributed by atoms with Gasteiger partial charge in [0.2, 0.25) is 5.88 Å². The molecule has 0 spiro atoms. The molecule has 1 rings (SSSR count). The van der Waals surface area contributed by atoms with Gasteiger partial charge in [-0.15, -0.1) is 0 Å². The normalized spacial score (nSPS) is 9.57. The van der Waals surface area contributed by atoms with Gasteiger partial charge < -0.3 is 15.1 Å². The van der Waals surface area contributed by atoms with Crippen LogP contribution < -0.4 is 5.73 Å². The predicted octanol–water partition coefficient (Wildman–Crippen LogP) is 0.744. The Morgan fingerprint density at radius 1 is 1.57 bits per heavy atom. The van der Waals surface area contributed by atoms with Crippen molar-refractivity contribution in [1.82, 2.24) is 4.90 Å². The van der Waals surface area contributed by atoms with Crippen molar-refractivity contribution in [2.45, 2.75) is 6.92 Å². The number of nitriles is 1. The number of nitrogen functional groups attached to an aromatic ring is 1. The Morgan fingerprint density at radius 3 is 2.57 bits per heavy atom. The van der Waals surface area contributed by atoms with Crippen LogP contribution in [-0.2, 0) is 0 Å². The SMILES string of the molecule is Cc1oc(N)c(C#N)c1C(=O)N(C)C. The fourth-order valence-corrected chi connectivity index (χ4v) is 1.16. The largest absolute Gasteiger partial charge is 0.444 e. The topological polar surface area (TPSA) is 83.3 Å². The molecule has 2 N–H and O–H groups in total. The quantitative estimate of drug-likeness (QED) is 0.713. The van der Waals surface area contributed by atoms with E-state index in [1.165, 1.54) is 4.90 Å². The molecule has 1 aromatic rings. The average Bonchev–Trinajstić information content (AvgIpc) is 2.38. The van der Waals surface area contributed by atoms with Crippen LogP contribution >= 0.6 is 0 Å². The van der Waals surface area contributed by atoms with Crippen molar-refractivity contribution in [3.8, 4) is 6.07 Å². The first-order valence-electron chi connectivity index (χ1n) is 3.99. The first-order valence-corrected chi connectivity index (χ1v) is 3.99. The molecule has 0 radical (unpaired) electrons. The van der Waals surface area contributed by atoms with Gasteiger partial charge >= 0.3 is 0 Å². The van der Waals surface area contributed by atoms with Gasteiger partial charge in [0.1, 0.15) is 23.0 Å². The fraction of sp³-hybridized carbons (Fsp3) is 0.333. The van der Waals surface area contributed by atoms with Gasteiger partial charge in [0.15, 0.2) is 0 Å². The van der Waals surface area contributed by atoms with Crippen LogP contribution in [0.4, 0.5) is 5.88 Å². The Labute approximate surface area is 81.7 Å². The second-order valence-corrected chi connectivity index (χ2v) is 3.08. The summed E-state index contributed by atoms with van der Waals surface area (Å²) in [4.78, 5) is 13.0. The number of nitrogens with two attached hydrogens (primary N) is 1. The summed E-state index contributed by atoms with van der Waals surface area (Å²) in [6.07, 6.45) is 0. The first kappa shape index (κ1) is 10.1. The first-order chi connectivity index (χ1) is 6.49. The number of hydrogen-bond donors (Lipinski definition) is 1. The Balaban J connectivity index is 3.34. The minimum absolute atomic E-state index is 0.00444. The number of nitrogens with zero attached hydrogens (tertiary/aromatic N) is 2. The summed E-state index contributed by atoms with van der Waals surface area (Å²) >= 11 is 0. The third-order valence-corrected chi connectivity index (χ3v) is 1.84. The Morgan fingerprint density at radius 2 is 2.14 bits per heavy atom. The van der Waals surface area contributed by atoms with Crippen molar-refractivity contribution in [2.24, 2.45) is 0 Å². The summed E-state index contributed by atoms with van der Waals surface area (Å²) in [5.74, 6) is 0.0902. The molecule has 0 unspecified atom stereocenters. The predicted molar refractivity (Wildman–Crippen MR) is 50.6 cm³/mol. The lowest BCUT2D eigenvalue weighted by Crippen LogP contribution is -2.22. The number of carbonyl (C=O) groups excluding carboxylic acids is 1. The zero-order chi connectivity index (χ0) is 10.9. The highest BCUT2D eigenvalue weighted by Gasteiger charge is 2.23. The summed E-state index contributed by atoms with van der Waals surface area (Å²) in [5.41, 5.74) is 5.79. The van der Waals surface area contributed by atoms with E-state index in [-0.39, 0.29) is 22.9 Å². The molecule has 0 bridgehead atoms. The van der Waals surface area contributed by atoms with E-state index in [4.69, 9.17) is 15.4 Å². The van der Waals surface area contributed by atoms with Crippen molar-refractivity contribution < 1.29 is 9.21 Å². The van der Waals surface area contributed by atoms with Gasteiger partial charge in [-0.3, -0.25) is 4.79 Å². The second kappa shape index (κ2) is 3.42. The molecule has 1 heterocycles. The van der Waals surface area contributed by atoms with Crippen LogP contribution in [0.5, 0.6) is 0 Å². The summed E-state index contributed by atoms with van der Waals surface area (Å²) in [7, 11) is 3.21. The third kappa shape index (κ3) is 1.42. The third-order valence-electron chi connectivity index (χ3n) is 1.84. The highest BCUT2D eigenvalue weighted by molar-refractivity contribution is 5.98. The number of carbonyl (C=O) groups is 1. The van der Waals surface area contributed by atoms with Gasteiger partial charge in [-0.25, -0.2) is 0 Å². The van der Waals surface area contributed by atoms with Crippen LogP contribution in [0.3, 0.4) is 0 Å². The van der Waals surface area contributed by atoms with E-state index in [9.17, 15) is 4.79 Å². The zero-order valence-electron chi connectivity index (χ0n) is 8.29. The van der Waals surface area contributed by atoms with Crippen molar-refractivity contribution in [3.63, 3.8) is 0 Å². The van der Waals surface area contributed by atoms with Gasteiger partial charge in [-0.05, 0) is 6.92 Å². The number of anilines is 1. The molecule has 5 nitrogen and oxygen atoms in total. The minimum Gasteiger partial charge on any atom is -0.444 e. The molecular weight excluding hydrogens is 182 g/mol. The molecule has 5 heteroatoms. The molecular formula is C9H11N3O2. The molecule has 0 saturated heterocycles. The lowest BCUT2D eigenvalue weighted by molar-refractivity contribution is 0.0825. The molecule has 0 atom stereocenters. The van der Waals surface area contributed by atoms with Crippen molar-refractivity contribution in [2.75, 3.05) is 19.8 Å². The van der Waals surface area contributed by atoms with Crippen molar-refractivity contribution in [3.05, 3.63) is 16.9 Å². The average molecular weight is 193 g/mol. The highest BCUT2D eigenvalue weighted by Crippen LogP contribution is 2.24. The maximum atomic E-state index is 11.6. The Kier molecular flexibility index (Phi) is 2.47. The number of furan rings is 1. The standard InChI is InChI=1S/C9H11N3O2/c1-5-7(9(13)12(2)3)6(4-10)8(11)14-5/h11H2,1-3H3. The van der Waals surface area contributed by atoms with E-state index in [2.05, 4.69) is 0 Å². The Hall–Kier alpha value is -1.96. The molecule has 0 aliphatic rings. The number of rotatable bonds is 1. The monoisotopic (exact) mass is 193 g/mol. The molecule has 0 aliphatic carbocycles. The molecule has 74 valence electrons. The van der Waals surface area contributed by atoms with E-state index in [0.717, 1.165) is 0 Å². The van der Waals surface area contributed by atoms with Crippen LogP contribution in [-0.4, -0.2) is 24.9 Å². The molecule has 0 aromatic carbocycles. The van der Waals surface area contributed by atoms with Crippen LogP contribution in [0.2, 0.25) is 0 Å². The number of hydrogen-bond acceptors (Lipinski definition) is 4. The summed E-state index contributed by atoms with van der Waals surface area (Å²) in [6, 6.07) is 1.85. The van der Waals surface area contributed by atoms with E-state index < -0.39 is 0 Å². The van der Waals surface area contributed by atoms with Gasteiger partial charge in [0, 0.05) is 14.1 Å². The fourth-order valence-electron chi connectivity index (χ4n) is 1.16. The van der Waals surface area contributed by atoms with Crippen LogP contribution in [0.25, 0.3) is 0 Å². The summed E-state index contributed by atoms with van der Waals surface area (Å²) in [6.45, 7) is 1.61. The minimum atomic E-state index is -0.278. The van der Waals surface area contributed by atoms with Gasteiger partial charge in [0.05, 0.1) is 0 Å². The van der Waals surface area contributed by atoms with Crippen LogP contribution in [0.15, 0.2) is 4.42 Å². The van der Waals surface area contributed by atoms with Gasteiger partial charge in [0.25, 0.3) is 5.91 Å². The molecule has 14 heavy (non-hydrogen) atoms. The highest BCUT2D eigenvalue weighted by atomic mass is 16.4.